The largest absolute Gasteiger partial charge is 0.473 e. The van der Waals surface area contributed by atoms with Gasteiger partial charge in [-0.2, -0.15) is 11.8 Å². The lowest BCUT2D eigenvalue weighted by Crippen LogP contribution is -2.67. The van der Waals surface area contributed by atoms with Crippen molar-refractivity contribution in [3.05, 3.63) is 18.6 Å². The molecule has 2 aliphatic rings. The Labute approximate surface area is 128 Å². The molecule has 7 heteroatoms. The number of rotatable bonds is 4. The lowest BCUT2D eigenvalue weighted by molar-refractivity contribution is -0.191. The molecule has 1 amide bonds. The fourth-order valence-electron chi connectivity index (χ4n) is 2.86. The third-order valence-corrected chi connectivity index (χ3v) is 4.39. The van der Waals surface area contributed by atoms with Crippen LogP contribution in [0.5, 0.6) is 5.88 Å². The molecule has 6 nitrogen and oxygen atoms in total. The lowest BCUT2D eigenvalue weighted by Gasteiger charge is -2.52. The molecule has 2 aliphatic heterocycles. The smallest absolute Gasteiger partial charge is 0.232 e. The fraction of sp³-hybridized carbons (Fsp3) is 0.643. The molecular formula is C14H19N3O3S. The van der Waals surface area contributed by atoms with Gasteiger partial charge in [-0.25, -0.2) is 4.98 Å². The first-order valence-electron chi connectivity index (χ1n) is 7.04. The molecule has 0 radical (unpaired) electrons. The van der Waals surface area contributed by atoms with E-state index in [2.05, 4.69) is 9.97 Å². The van der Waals surface area contributed by atoms with Crippen LogP contribution in [0.25, 0.3) is 0 Å². The van der Waals surface area contributed by atoms with Crippen LogP contribution in [0.15, 0.2) is 18.6 Å². The first-order chi connectivity index (χ1) is 10.2. The van der Waals surface area contributed by atoms with Crippen LogP contribution in [-0.2, 0) is 9.53 Å². The molecule has 1 spiro atoms. The number of thioether (sulfide) groups is 1. The zero-order chi connectivity index (χ0) is 14.7. The number of hydrogen-bond donors (Lipinski definition) is 0. The number of nitrogens with zero attached hydrogens (tertiary/aromatic N) is 3. The molecule has 1 aromatic heterocycles. The van der Waals surface area contributed by atoms with E-state index in [-0.39, 0.29) is 17.6 Å². The minimum atomic E-state index is -0.223. The molecule has 2 fully saturated rings. The van der Waals surface area contributed by atoms with Crippen molar-refractivity contribution in [2.45, 2.75) is 24.5 Å². The number of aromatic nitrogens is 2. The first kappa shape index (κ1) is 14.6. The number of carbonyl (C=O) groups excluding carboxylic acids is 1. The van der Waals surface area contributed by atoms with Gasteiger partial charge in [0.25, 0.3) is 0 Å². The van der Waals surface area contributed by atoms with Gasteiger partial charge in [0.05, 0.1) is 31.6 Å². The van der Waals surface area contributed by atoms with Crippen LogP contribution in [0, 0.1) is 0 Å². The Bertz CT molecular complexity index is 493. The van der Waals surface area contributed by atoms with E-state index in [1.54, 1.807) is 30.4 Å². The van der Waals surface area contributed by atoms with Crippen molar-refractivity contribution in [1.82, 2.24) is 14.9 Å². The van der Waals surface area contributed by atoms with Gasteiger partial charge in [-0.15, -0.1) is 0 Å². The number of likely N-dealkylation sites (tertiary alicyclic amines) is 1. The Morgan fingerprint density at radius 2 is 2.43 bits per heavy atom. The van der Waals surface area contributed by atoms with Gasteiger partial charge in [0.1, 0.15) is 11.7 Å². The summed E-state index contributed by atoms with van der Waals surface area (Å²) < 4.78 is 11.8. The summed E-state index contributed by atoms with van der Waals surface area (Å²) in [6.07, 6.45) is 8.53. The highest BCUT2D eigenvalue weighted by atomic mass is 32.2. The van der Waals surface area contributed by atoms with Crippen LogP contribution in [0.1, 0.15) is 12.8 Å². The van der Waals surface area contributed by atoms with Gasteiger partial charge in [0.15, 0.2) is 0 Å². The summed E-state index contributed by atoms with van der Waals surface area (Å²) >= 11 is 1.55. The highest BCUT2D eigenvalue weighted by Crippen LogP contribution is 2.35. The van der Waals surface area contributed by atoms with E-state index < -0.39 is 0 Å². The van der Waals surface area contributed by atoms with Crippen LogP contribution in [0.4, 0.5) is 0 Å². The van der Waals surface area contributed by atoms with Crippen molar-refractivity contribution >= 4 is 17.7 Å². The van der Waals surface area contributed by atoms with Crippen molar-refractivity contribution in [3.8, 4) is 5.88 Å². The van der Waals surface area contributed by atoms with Crippen LogP contribution in [0.3, 0.4) is 0 Å². The monoisotopic (exact) mass is 309 g/mol. The molecule has 1 atom stereocenters. The minimum Gasteiger partial charge on any atom is -0.473 e. The highest BCUT2D eigenvalue weighted by Gasteiger charge is 2.49. The summed E-state index contributed by atoms with van der Waals surface area (Å²) in [5.74, 6) is 1.28. The molecule has 3 rings (SSSR count). The van der Waals surface area contributed by atoms with Gasteiger partial charge in [-0.1, -0.05) is 0 Å². The average Bonchev–Trinajstić information content (AvgIpc) is 2.46. The van der Waals surface area contributed by atoms with Gasteiger partial charge in [0.2, 0.25) is 11.8 Å². The number of ether oxygens (including phenoxy) is 2. The molecule has 0 saturated carbocycles. The van der Waals surface area contributed by atoms with Crippen molar-refractivity contribution in [2.75, 3.05) is 31.7 Å². The Hall–Kier alpha value is -1.34. The molecule has 2 saturated heterocycles. The van der Waals surface area contributed by atoms with Crippen molar-refractivity contribution in [1.29, 1.82) is 0 Å². The van der Waals surface area contributed by atoms with E-state index in [1.807, 2.05) is 11.2 Å². The van der Waals surface area contributed by atoms with Gasteiger partial charge < -0.3 is 14.4 Å². The molecule has 0 aromatic carbocycles. The average molecular weight is 309 g/mol. The zero-order valence-corrected chi connectivity index (χ0v) is 12.8. The molecule has 0 unspecified atom stereocenters. The molecule has 0 aliphatic carbocycles. The predicted molar refractivity (Wildman–Crippen MR) is 79.3 cm³/mol. The molecule has 0 N–H and O–H groups in total. The number of amides is 1. The van der Waals surface area contributed by atoms with E-state index >= 15 is 0 Å². The summed E-state index contributed by atoms with van der Waals surface area (Å²) in [6.45, 7) is 2.01. The molecular weight excluding hydrogens is 290 g/mol. The summed E-state index contributed by atoms with van der Waals surface area (Å²) in [6, 6.07) is 0. The second-order valence-corrected chi connectivity index (χ2v) is 6.36. The van der Waals surface area contributed by atoms with E-state index in [1.165, 1.54) is 0 Å². The highest BCUT2D eigenvalue weighted by molar-refractivity contribution is 7.99. The van der Waals surface area contributed by atoms with Crippen LogP contribution >= 0.6 is 11.8 Å². The quantitative estimate of drug-likeness (QED) is 0.826. The van der Waals surface area contributed by atoms with Crippen LogP contribution < -0.4 is 4.74 Å². The maximum absolute atomic E-state index is 11.8. The zero-order valence-electron chi connectivity index (χ0n) is 12.0. The molecule has 1 aromatic rings. The summed E-state index contributed by atoms with van der Waals surface area (Å²) in [4.78, 5) is 21.8. The first-order valence-corrected chi connectivity index (χ1v) is 8.43. The lowest BCUT2D eigenvalue weighted by atomic mass is 9.84. The van der Waals surface area contributed by atoms with Gasteiger partial charge in [-0.3, -0.25) is 9.78 Å². The summed E-state index contributed by atoms with van der Waals surface area (Å²) in [5, 5.41) is 0. The summed E-state index contributed by atoms with van der Waals surface area (Å²) in [5.41, 5.74) is -0.223. The third kappa shape index (κ3) is 3.29. The normalized spacial score (nSPS) is 23.7. The van der Waals surface area contributed by atoms with E-state index in [0.29, 0.717) is 31.3 Å². The summed E-state index contributed by atoms with van der Waals surface area (Å²) in [7, 11) is 0. The third-order valence-electron chi connectivity index (χ3n) is 3.85. The Balaban J connectivity index is 1.54. The fourth-order valence-corrected chi connectivity index (χ4v) is 3.29. The van der Waals surface area contributed by atoms with E-state index in [0.717, 1.165) is 12.8 Å². The molecule has 114 valence electrons. The predicted octanol–water partition coefficient (Wildman–Crippen LogP) is 0.978. The molecule has 0 bridgehead atoms. The van der Waals surface area contributed by atoms with Crippen molar-refractivity contribution in [3.63, 3.8) is 0 Å². The maximum Gasteiger partial charge on any atom is 0.232 e. The minimum absolute atomic E-state index is 0.0771. The number of hydrogen-bond acceptors (Lipinski definition) is 6. The number of carbonyl (C=O) groups is 1. The van der Waals surface area contributed by atoms with Crippen LogP contribution in [-0.4, -0.2) is 64.2 Å². The standard InChI is InChI=1S/C14H19N3O3S/c1-21-8-13(18)17-9-14(10-17)6-11(2-5-19-14)20-12-7-15-3-4-16-12/h3-4,7,11H,2,5-6,8-10H2,1H3/t11-/m0/s1. The Morgan fingerprint density at radius 1 is 1.57 bits per heavy atom. The van der Waals surface area contributed by atoms with Gasteiger partial charge in [-0.05, 0) is 6.26 Å². The Morgan fingerprint density at radius 3 is 3.14 bits per heavy atom. The van der Waals surface area contributed by atoms with Gasteiger partial charge >= 0.3 is 0 Å². The van der Waals surface area contributed by atoms with Gasteiger partial charge in [0, 0.05) is 25.2 Å². The second-order valence-electron chi connectivity index (χ2n) is 5.49. The topological polar surface area (TPSA) is 64.6 Å². The Kier molecular flexibility index (Phi) is 4.30. The SMILES string of the molecule is CSCC(=O)N1CC2(C[C@@H](Oc3cnccn3)CCO2)C1. The molecule has 21 heavy (non-hydrogen) atoms. The van der Waals surface area contributed by atoms with Crippen LogP contribution in [0.2, 0.25) is 0 Å². The maximum atomic E-state index is 11.8. The van der Waals surface area contributed by atoms with E-state index in [9.17, 15) is 4.79 Å². The molecule has 3 heterocycles. The van der Waals surface area contributed by atoms with Crippen molar-refractivity contribution < 1.29 is 14.3 Å². The van der Waals surface area contributed by atoms with Crippen molar-refractivity contribution in [2.24, 2.45) is 0 Å². The second kappa shape index (κ2) is 6.19. The van der Waals surface area contributed by atoms with E-state index in [4.69, 9.17) is 9.47 Å².